The zero-order valence-corrected chi connectivity index (χ0v) is 12.8. The van der Waals surface area contributed by atoms with Gasteiger partial charge in [0.05, 0.1) is 23.2 Å². The standard InChI is InChI=1S/C16H18F3N3O/c1-10-15(23-9-11-4-6-20-7-5-11)22-14-8-12(16(17,18)19)2-3-13(14)21-10/h2-3,8,11,20H,4-7,9H2,1H3. The van der Waals surface area contributed by atoms with Crippen molar-refractivity contribution in [2.45, 2.75) is 25.9 Å². The molecule has 0 aliphatic carbocycles. The van der Waals surface area contributed by atoms with Gasteiger partial charge in [0.25, 0.3) is 0 Å². The van der Waals surface area contributed by atoms with E-state index in [9.17, 15) is 13.2 Å². The summed E-state index contributed by atoms with van der Waals surface area (Å²) in [7, 11) is 0. The van der Waals surface area contributed by atoms with Gasteiger partial charge in [0.1, 0.15) is 5.69 Å². The number of aryl methyl sites for hydroxylation is 1. The Hall–Kier alpha value is -1.89. The highest BCUT2D eigenvalue weighted by Gasteiger charge is 2.30. The number of aromatic nitrogens is 2. The van der Waals surface area contributed by atoms with Crippen LogP contribution < -0.4 is 10.1 Å². The van der Waals surface area contributed by atoms with Gasteiger partial charge in [-0.1, -0.05) is 0 Å². The predicted molar refractivity (Wildman–Crippen MR) is 80.4 cm³/mol. The molecular weight excluding hydrogens is 307 g/mol. The lowest BCUT2D eigenvalue weighted by atomic mass is 9.99. The molecule has 0 spiro atoms. The summed E-state index contributed by atoms with van der Waals surface area (Å²) >= 11 is 0. The van der Waals surface area contributed by atoms with Gasteiger partial charge >= 0.3 is 6.18 Å². The first-order valence-electron chi connectivity index (χ1n) is 7.62. The molecule has 0 bridgehead atoms. The molecule has 0 atom stereocenters. The first-order valence-corrected chi connectivity index (χ1v) is 7.62. The van der Waals surface area contributed by atoms with E-state index in [1.807, 2.05) is 0 Å². The van der Waals surface area contributed by atoms with Crippen molar-refractivity contribution in [3.05, 3.63) is 29.5 Å². The van der Waals surface area contributed by atoms with Crippen LogP contribution in [0.3, 0.4) is 0 Å². The Bertz CT molecular complexity index is 697. The van der Waals surface area contributed by atoms with E-state index in [0.717, 1.165) is 38.1 Å². The molecule has 1 saturated heterocycles. The van der Waals surface area contributed by atoms with Crippen LogP contribution in [0.1, 0.15) is 24.1 Å². The Balaban J connectivity index is 1.83. The molecule has 1 aliphatic rings. The number of halogens is 3. The second-order valence-corrected chi connectivity index (χ2v) is 5.82. The maximum absolute atomic E-state index is 12.8. The molecule has 2 aromatic rings. The van der Waals surface area contributed by atoms with Gasteiger partial charge in [-0.05, 0) is 57.0 Å². The van der Waals surface area contributed by atoms with E-state index < -0.39 is 11.7 Å². The van der Waals surface area contributed by atoms with Crippen LogP contribution in [0.2, 0.25) is 0 Å². The minimum atomic E-state index is -4.39. The van der Waals surface area contributed by atoms with Crippen molar-refractivity contribution in [1.29, 1.82) is 0 Å². The molecule has 0 amide bonds. The van der Waals surface area contributed by atoms with Crippen molar-refractivity contribution in [1.82, 2.24) is 15.3 Å². The van der Waals surface area contributed by atoms with E-state index >= 15 is 0 Å². The van der Waals surface area contributed by atoms with Gasteiger partial charge in [-0.3, -0.25) is 0 Å². The molecule has 0 unspecified atom stereocenters. The molecule has 1 fully saturated rings. The Morgan fingerprint density at radius 1 is 1.17 bits per heavy atom. The molecule has 2 heterocycles. The monoisotopic (exact) mass is 325 g/mol. The molecule has 7 heteroatoms. The van der Waals surface area contributed by atoms with Gasteiger partial charge in [0.2, 0.25) is 5.88 Å². The highest BCUT2D eigenvalue weighted by molar-refractivity contribution is 5.76. The number of hydrogen-bond acceptors (Lipinski definition) is 4. The summed E-state index contributed by atoms with van der Waals surface area (Å²) < 4.78 is 44.1. The van der Waals surface area contributed by atoms with Crippen LogP contribution in [0.15, 0.2) is 18.2 Å². The van der Waals surface area contributed by atoms with Crippen molar-refractivity contribution in [3.63, 3.8) is 0 Å². The van der Waals surface area contributed by atoms with Crippen molar-refractivity contribution < 1.29 is 17.9 Å². The smallest absolute Gasteiger partial charge is 0.416 e. The lowest BCUT2D eigenvalue weighted by Crippen LogP contribution is -2.30. The second kappa shape index (κ2) is 6.31. The van der Waals surface area contributed by atoms with Gasteiger partial charge in [-0.25, -0.2) is 9.97 Å². The third-order valence-corrected chi connectivity index (χ3v) is 4.04. The highest BCUT2D eigenvalue weighted by atomic mass is 19.4. The molecule has 1 N–H and O–H groups in total. The number of rotatable bonds is 3. The second-order valence-electron chi connectivity index (χ2n) is 5.82. The normalized spacial score (nSPS) is 16.7. The molecule has 1 aromatic carbocycles. The average molecular weight is 325 g/mol. The zero-order chi connectivity index (χ0) is 16.4. The molecule has 3 rings (SSSR count). The van der Waals surface area contributed by atoms with E-state index in [1.54, 1.807) is 6.92 Å². The number of ether oxygens (including phenoxy) is 1. The van der Waals surface area contributed by atoms with Crippen molar-refractivity contribution in [2.24, 2.45) is 5.92 Å². The third kappa shape index (κ3) is 3.72. The number of hydrogen-bond donors (Lipinski definition) is 1. The Labute approximate surface area is 132 Å². The van der Waals surface area contributed by atoms with Crippen molar-refractivity contribution in [3.8, 4) is 5.88 Å². The lowest BCUT2D eigenvalue weighted by Gasteiger charge is -2.22. The fourth-order valence-electron chi connectivity index (χ4n) is 2.68. The number of benzene rings is 1. The quantitative estimate of drug-likeness (QED) is 0.940. The van der Waals surface area contributed by atoms with Crippen LogP contribution in [0.25, 0.3) is 11.0 Å². The van der Waals surface area contributed by atoms with Crippen molar-refractivity contribution in [2.75, 3.05) is 19.7 Å². The Kier molecular flexibility index (Phi) is 4.39. The van der Waals surface area contributed by atoms with Crippen LogP contribution in [0.4, 0.5) is 13.2 Å². The number of alkyl halides is 3. The van der Waals surface area contributed by atoms with Gasteiger partial charge < -0.3 is 10.1 Å². The Morgan fingerprint density at radius 2 is 1.91 bits per heavy atom. The fraction of sp³-hybridized carbons (Fsp3) is 0.500. The number of piperidine rings is 1. The molecule has 124 valence electrons. The average Bonchev–Trinajstić information content (AvgIpc) is 2.52. The van der Waals surface area contributed by atoms with Gasteiger partial charge in [-0.2, -0.15) is 13.2 Å². The minimum absolute atomic E-state index is 0.200. The van der Waals surface area contributed by atoms with Gasteiger partial charge in [0.15, 0.2) is 0 Å². The van der Waals surface area contributed by atoms with Gasteiger partial charge in [0, 0.05) is 0 Å². The summed E-state index contributed by atoms with van der Waals surface area (Å²) in [6.45, 7) is 4.19. The summed E-state index contributed by atoms with van der Waals surface area (Å²) in [6.07, 6.45) is -2.34. The maximum atomic E-state index is 12.8. The predicted octanol–water partition coefficient (Wildman–Crippen LogP) is 3.34. The number of fused-ring (bicyclic) bond motifs is 1. The number of nitrogens with zero attached hydrogens (tertiary/aromatic N) is 2. The number of nitrogens with one attached hydrogen (secondary N) is 1. The maximum Gasteiger partial charge on any atom is 0.416 e. The highest BCUT2D eigenvalue weighted by Crippen LogP contribution is 2.31. The molecule has 4 nitrogen and oxygen atoms in total. The first-order chi connectivity index (χ1) is 10.9. The SMILES string of the molecule is Cc1nc2ccc(C(F)(F)F)cc2nc1OCC1CCNCC1. The molecule has 0 saturated carbocycles. The summed E-state index contributed by atoms with van der Waals surface area (Å²) in [4.78, 5) is 8.53. The minimum Gasteiger partial charge on any atom is -0.476 e. The molecule has 0 radical (unpaired) electrons. The summed E-state index contributed by atoms with van der Waals surface area (Å²) in [5.74, 6) is 0.755. The third-order valence-electron chi connectivity index (χ3n) is 4.04. The molecular formula is C16H18F3N3O. The summed E-state index contributed by atoms with van der Waals surface area (Å²) in [5.41, 5.74) is 0.495. The first kappa shape index (κ1) is 16.0. The Morgan fingerprint density at radius 3 is 2.61 bits per heavy atom. The van der Waals surface area contributed by atoms with Crippen LogP contribution >= 0.6 is 0 Å². The van der Waals surface area contributed by atoms with E-state index in [-0.39, 0.29) is 5.52 Å². The lowest BCUT2D eigenvalue weighted by molar-refractivity contribution is -0.137. The van der Waals surface area contributed by atoms with E-state index in [2.05, 4.69) is 15.3 Å². The molecule has 1 aromatic heterocycles. The largest absolute Gasteiger partial charge is 0.476 e. The fourth-order valence-corrected chi connectivity index (χ4v) is 2.68. The molecule has 23 heavy (non-hydrogen) atoms. The van der Waals surface area contributed by atoms with Crippen LogP contribution in [0.5, 0.6) is 5.88 Å². The van der Waals surface area contributed by atoms with Crippen molar-refractivity contribution >= 4 is 11.0 Å². The van der Waals surface area contributed by atoms with Gasteiger partial charge in [-0.15, -0.1) is 0 Å². The molecule has 1 aliphatic heterocycles. The summed E-state index contributed by atoms with van der Waals surface area (Å²) in [5, 5.41) is 3.28. The van der Waals surface area contributed by atoms with Crippen LogP contribution in [-0.2, 0) is 6.18 Å². The van der Waals surface area contributed by atoms with E-state index in [4.69, 9.17) is 4.74 Å². The topological polar surface area (TPSA) is 47.0 Å². The van der Waals surface area contributed by atoms with Crippen LogP contribution in [0, 0.1) is 12.8 Å². The van der Waals surface area contributed by atoms with E-state index in [0.29, 0.717) is 29.6 Å². The summed E-state index contributed by atoms with van der Waals surface area (Å²) in [6, 6.07) is 3.37. The van der Waals surface area contributed by atoms with E-state index in [1.165, 1.54) is 6.07 Å². The zero-order valence-electron chi connectivity index (χ0n) is 12.8. The van der Waals surface area contributed by atoms with Crippen LogP contribution in [-0.4, -0.2) is 29.7 Å².